The molecule has 0 aliphatic rings. The Kier molecular flexibility index (Phi) is 1.53. The van der Waals surface area contributed by atoms with Gasteiger partial charge in [0.2, 0.25) is 5.82 Å². The summed E-state index contributed by atoms with van der Waals surface area (Å²) in [6.45, 7) is 0. The monoisotopic (exact) mass is 138 g/mol. The maximum atomic E-state index is 10.5. The Hall–Kier alpha value is -1.58. The van der Waals surface area contributed by atoms with Crippen LogP contribution in [0, 0.1) is 0 Å². The fraction of sp³-hybridized carbons (Fsp3) is 0. The zero-order valence-corrected chi connectivity index (χ0v) is 5.32. The average molecular weight is 138 g/mol. The minimum absolute atomic E-state index is 0.343. The summed E-state index contributed by atoms with van der Waals surface area (Å²) in [6.07, 6.45) is 1.51. The van der Waals surface area contributed by atoms with Crippen LogP contribution in [-0.2, 0) is 0 Å². The topological polar surface area (TPSA) is 73.0 Å². The highest BCUT2D eigenvalue weighted by Crippen LogP contribution is 1.88. The number of nitrogens with zero attached hydrogens (tertiary/aromatic N) is 1. The predicted molar refractivity (Wildman–Crippen MR) is 36.0 cm³/mol. The van der Waals surface area contributed by atoms with Gasteiger partial charge in [-0.25, -0.2) is 4.79 Å². The summed E-state index contributed by atoms with van der Waals surface area (Å²) in [5, 5.41) is 0. The summed E-state index contributed by atoms with van der Waals surface area (Å²) in [6, 6.07) is 4.44. The van der Waals surface area contributed by atoms with E-state index in [-0.39, 0.29) is 0 Å². The SMILES string of the molecule is NC(=O)[n+]1ccccc1N. The van der Waals surface area contributed by atoms with Crippen LogP contribution in [0.3, 0.4) is 0 Å². The van der Waals surface area contributed by atoms with Crippen molar-refractivity contribution in [3.05, 3.63) is 24.4 Å². The predicted octanol–water partition coefficient (Wildman–Crippen LogP) is -0.517. The number of hydrogen-bond donors (Lipinski definition) is 2. The summed E-state index contributed by atoms with van der Waals surface area (Å²) in [7, 11) is 0. The minimum atomic E-state index is -0.571. The second-order valence-electron chi connectivity index (χ2n) is 1.83. The van der Waals surface area contributed by atoms with E-state index in [1.54, 1.807) is 18.2 Å². The van der Waals surface area contributed by atoms with Crippen LogP contribution in [0.2, 0.25) is 0 Å². The molecule has 52 valence electrons. The van der Waals surface area contributed by atoms with Crippen molar-refractivity contribution in [3.8, 4) is 0 Å². The molecule has 0 atom stereocenters. The van der Waals surface area contributed by atoms with Crippen molar-refractivity contribution in [1.29, 1.82) is 0 Å². The van der Waals surface area contributed by atoms with E-state index >= 15 is 0 Å². The van der Waals surface area contributed by atoms with Gasteiger partial charge in [-0.1, -0.05) is 6.07 Å². The van der Waals surface area contributed by atoms with E-state index in [2.05, 4.69) is 0 Å². The first-order chi connectivity index (χ1) is 4.72. The van der Waals surface area contributed by atoms with Crippen molar-refractivity contribution in [2.75, 3.05) is 5.73 Å². The van der Waals surface area contributed by atoms with E-state index < -0.39 is 6.03 Å². The summed E-state index contributed by atoms with van der Waals surface area (Å²) in [5.41, 5.74) is 10.3. The van der Waals surface area contributed by atoms with Crippen LogP contribution in [0.4, 0.5) is 10.6 Å². The van der Waals surface area contributed by atoms with Crippen molar-refractivity contribution in [2.24, 2.45) is 5.73 Å². The van der Waals surface area contributed by atoms with Gasteiger partial charge in [0.1, 0.15) is 0 Å². The van der Waals surface area contributed by atoms with Crippen LogP contribution in [0.15, 0.2) is 24.4 Å². The highest BCUT2D eigenvalue weighted by Gasteiger charge is 2.05. The summed E-state index contributed by atoms with van der Waals surface area (Å²) >= 11 is 0. The molecule has 4 nitrogen and oxygen atoms in total. The number of nitrogen functional groups attached to an aromatic ring is 1. The molecule has 4 heteroatoms. The van der Waals surface area contributed by atoms with Gasteiger partial charge in [-0.2, -0.15) is 4.57 Å². The van der Waals surface area contributed by atoms with Crippen molar-refractivity contribution in [2.45, 2.75) is 0 Å². The maximum Gasteiger partial charge on any atom is 0.438 e. The normalized spacial score (nSPS) is 9.20. The largest absolute Gasteiger partial charge is 0.438 e. The number of rotatable bonds is 0. The number of amides is 1. The van der Waals surface area contributed by atoms with E-state index in [1.807, 2.05) is 0 Å². The molecule has 1 rings (SSSR count). The van der Waals surface area contributed by atoms with Crippen LogP contribution in [-0.4, -0.2) is 6.03 Å². The summed E-state index contributed by atoms with van der Waals surface area (Å²) in [4.78, 5) is 10.5. The van der Waals surface area contributed by atoms with Gasteiger partial charge in [0.15, 0.2) is 0 Å². The Morgan fingerprint density at radius 3 is 2.60 bits per heavy atom. The van der Waals surface area contributed by atoms with E-state index in [0.717, 1.165) is 0 Å². The highest BCUT2D eigenvalue weighted by molar-refractivity contribution is 5.63. The third-order valence-electron chi connectivity index (χ3n) is 1.13. The molecule has 1 amide bonds. The second kappa shape index (κ2) is 2.34. The smallest absolute Gasteiger partial charge is 0.318 e. The lowest BCUT2D eigenvalue weighted by Crippen LogP contribution is -2.48. The molecule has 10 heavy (non-hydrogen) atoms. The maximum absolute atomic E-state index is 10.5. The molecule has 0 saturated carbocycles. The van der Waals surface area contributed by atoms with Gasteiger partial charge in [-0.3, -0.25) is 5.73 Å². The van der Waals surface area contributed by atoms with E-state index in [1.165, 1.54) is 10.8 Å². The third kappa shape index (κ3) is 1.05. The standard InChI is InChI=1S/C6H7N3O/c7-5-3-1-2-4-9(5)6(8)10/h1-4,7H,(H2,8,10)/p+1. The molecule has 0 unspecified atom stereocenters. The molecule has 1 aromatic rings. The first-order valence-corrected chi connectivity index (χ1v) is 2.78. The van der Waals surface area contributed by atoms with Gasteiger partial charge in [-0.05, 0) is 6.07 Å². The summed E-state index contributed by atoms with van der Waals surface area (Å²) < 4.78 is 1.17. The van der Waals surface area contributed by atoms with E-state index in [0.29, 0.717) is 5.82 Å². The van der Waals surface area contributed by atoms with Crippen molar-refractivity contribution < 1.29 is 9.36 Å². The van der Waals surface area contributed by atoms with Gasteiger partial charge in [0.25, 0.3) is 0 Å². The number of primary amides is 1. The van der Waals surface area contributed by atoms with Gasteiger partial charge in [-0.15, -0.1) is 0 Å². The fourth-order valence-corrected chi connectivity index (χ4v) is 0.657. The Morgan fingerprint density at radius 2 is 2.20 bits per heavy atom. The van der Waals surface area contributed by atoms with E-state index in [4.69, 9.17) is 11.5 Å². The lowest BCUT2D eigenvalue weighted by atomic mass is 10.4. The molecule has 0 fully saturated rings. The molecule has 0 saturated heterocycles. The van der Waals surface area contributed by atoms with Crippen molar-refractivity contribution in [3.63, 3.8) is 0 Å². The molecule has 0 aliphatic carbocycles. The van der Waals surface area contributed by atoms with Crippen LogP contribution < -0.4 is 16.0 Å². The first-order valence-electron chi connectivity index (χ1n) is 2.78. The molecule has 0 bridgehead atoms. The average Bonchev–Trinajstić information content (AvgIpc) is 1.88. The lowest BCUT2D eigenvalue weighted by Gasteiger charge is -1.94. The van der Waals surface area contributed by atoms with Crippen LogP contribution in [0.1, 0.15) is 0 Å². The van der Waals surface area contributed by atoms with E-state index in [9.17, 15) is 4.79 Å². The van der Waals surface area contributed by atoms with Crippen molar-refractivity contribution >= 4 is 11.8 Å². The Morgan fingerprint density at radius 1 is 1.50 bits per heavy atom. The molecular formula is C6H8N3O+. The van der Waals surface area contributed by atoms with Gasteiger partial charge >= 0.3 is 6.03 Å². The number of anilines is 1. The molecule has 0 aromatic carbocycles. The van der Waals surface area contributed by atoms with Crippen LogP contribution >= 0.6 is 0 Å². The highest BCUT2D eigenvalue weighted by atomic mass is 16.2. The number of aromatic nitrogens is 1. The zero-order valence-electron chi connectivity index (χ0n) is 5.32. The summed E-state index contributed by atoms with van der Waals surface area (Å²) in [5.74, 6) is 0.343. The molecule has 1 aromatic heterocycles. The zero-order chi connectivity index (χ0) is 7.56. The molecule has 1 heterocycles. The van der Waals surface area contributed by atoms with Crippen molar-refractivity contribution in [1.82, 2.24) is 0 Å². The Balaban J connectivity index is 3.15. The number of carbonyl (C=O) groups excluding carboxylic acids is 1. The minimum Gasteiger partial charge on any atom is -0.318 e. The molecule has 0 aliphatic heterocycles. The fourth-order valence-electron chi connectivity index (χ4n) is 0.657. The van der Waals surface area contributed by atoms with Crippen LogP contribution in [0.25, 0.3) is 0 Å². The second-order valence-corrected chi connectivity index (χ2v) is 1.83. The number of pyridine rings is 1. The first kappa shape index (κ1) is 6.54. The van der Waals surface area contributed by atoms with Gasteiger partial charge < -0.3 is 5.73 Å². The number of carbonyl (C=O) groups is 1. The molecule has 4 N–H and O–H groups in total. The Bertz CT molecular complexity index is 259. The number of nitrogens with two attached hydrogens (primary N) is 2. The molecule has 0 radical (unpaired) electrons. The van der Waals surface area contributed by atoms with Gasteiger partial charge in [0.05, 0.1) is 6.20 Å². The third-order valence-corrected chi connectivity index (χ3v) is 1.13. The lowest BCUT2D eigenvalue weighted by molar-refractivity contribution is -0.554. The number of hydrogen-bond acceptors (Lipinski definition) is 2. The van der Waals surface area contributed by atoms with Gasteiger partial charge in [0, 0.05) is 6.07 Å². The molecule has 0 spiro atoms. The van der Waals surface area contributed by atoms with Crippen LogP contribution in [0.5, 0.6) is 0 Å². The Labute approximate surface area is 58.1 Å². The quantitative estimate of drug-likeness (QED) is 0.473. The molecular weight excluding hydrogens is 130 g/mol.